The minimum absolute atomic E-state index is 0.350. The maximum atomic E-state index is 13.7. The Labute approximate surface area is 136 Å². The Morgan fingerprint density at radius 1 is 1.25 bits per heavy atom. The molecule has 0 radical (unpaired) electrons. The van der Waals surface area contributed by atoms with E-state index in [1.807, 2.05) is 19.2 Å². The molecule has 1 aromatic carbocycles. The summed E-state index contributed by atoms with van der Waals surface area (Å²) in [7, 11) is 3.36. The number of nitrogens with one attached hydrogen (secondary N) is 1. The predicted molar refractivity (Wildman–Crippen MR) is 88.0 cm³/mol. The number of imidazole rings is 1. The molecule has 0 aliphatic rings. The minimum Gasteiger partial charge on any atom is -0.496 e. The smallest absolute Gasteiger partial charge is 0.177 e. The first-order valence-electron chi connectivity index (χ1n) is 7.34. The Balaban J connectivity index is 1.93. The molecule has 0 amide bonds. The van der Waals surface area contributed by atoms with Crippen LogP contribution < -0.4 is 4.74 Å². The van der Waals surface area contributed by atoms with Crippen molar-refractivity contribution in [2.24, 2.45) is 7.05 Å². The molecule has 6 nitrogen and oxygen atoms in total. The van der Waals surface area contributed by atoms with E-state index in [0.29, 0.717) is 22.8 Å². The number of nitrogens with zero attached hydrogens (tertiary/aromatic N) is 4. The van der Waals surface area contributed by atoms with Crippen molar-refractivity contribution in [1.82, 2.24) is 24.7 Å². The number of rotatable bonds is 3. The number of benzene rings is 1. The number of aromatic nitrogens is 5. The lowest BCUT2D eigenvalue weighted by molar-refractivity contribution is 0.415. The summed E-state index contributed by atoms with van der Waals surface area (Å²) in [6, 6.07) is 8.11. The highest BCUT2D eigenvalue weighted by Crippen LogP contribution is 2.32. The van der Waals surface area contributed by atoms with Crippen LogP contribution in [0, 0.1) is 5.82 Å². The lowest BCUT2D eigenvalue weighted by Crippen LogP contribution is -1.94. The zero-order valence-corrected chi connectivity index (χ0v) is 13.1. The van der Waals surface area contributed by atoms with Crippen molar-refractivity contribution in [3.8, 4) is 28.4 Å². The molecule has 4 rings (SSSR count). The van der Waals surface area contributed by atoms with Gasteiger partial charge in [-0.25, -0.2) is 14.1 Å². The van der Waals surface area contributed by atoms with Gasteiger partial charge < -0.3 is 9.72 Å². The molecule has 4 aromatic rings. The van der Waals surface area contributed by atoms with Gasteiger partial charge in [0.25, 0.3) is 0 Å². The number of H-pyrrole nitrogens is 1. The molecule has 0 bridgehead atoms. The molecule has 0 aliphatic carbocycles. The summed E-state index contributed by atoms with van der Waals surface area (Å²) in [5, 5.41) is 4.49. The van der Waals surface area contributed by atoms with Crippen molar-refractivity contribution in [2.45, 2.75) is 0 Å². The second kappa shape index (κ2) is 5.45. The van der Waals surface area contributed by atoms with Crippen molar-refractivity contribution >= 4 is 11.2 Å². The molecule has 0 atom stereocenters. The molecule has 0 spiro atoms. The number of methoxy groups -OCH3 is 1. The number of hydrogen-bond acceptors (Lipinski definition) is 4. The van der Waals surface area contributed by atoms with Gasteiger partial charge in [-0.1, -0.05) is 0 Å². The first kappa shape index (κ1) is 14.4. The number of aryl methyl sites for hydroxylation is 1. The number of aromatic amines is 1. The van der Waals surface area contributed by atoms with Gasteiger partial charge in [0.05, 0.1) is 12.7 Å². The van der Waals surface area contributed by atoms with E-state index in [4.69, 9.17) is 4.74 Å². The van der Waals surface area contributed by atoms with Crippen LogP contribution in [0.3, 0.4) is 0 Å². The van der Waals surface area contributed by atoms with Crippen molar-refractivity contribution in [1.29, 1.82) is 0 Å². The highest BCUT2D eigenvalue weighted by Gasteiger charge is 2.18. The molecule has 0 saturated carbocycles. The molecule has 0 saturated heterocycles. The van der Waals surface area contributed by atoms with Crippen molar-refractivity contribution in [3.05, 3.63) is 48.5 Å². The lowest BCUT2D eigenvalue weighted by Gasteiger charge is -2.05. The van der Waals surface area contributed by atoms with Crippen LogP contribution in [0.2, 0.25) is 0 Å². The topological polar surface area (TPSA) is 68.6 Å². The van der Waals surface area contributed by atoms with E-state index in [-0.39, 0.29) is 5.82 Å². The summed E-state index contributed by atoms with van der Waals surface area (Å²) >= 11 is 0. The van der Waals surface area contributed by atoms with Gasteiger partial charge in [-0.2, -0.15) is 5.10 Å². The lowest BCUT2D eigenvalue weighted by atomic mass is 10.2. The maximum absolute atomic E-state index is 13.7. The SMILES string of the molecule is COc1ccc(F)cc1-c1nc2c([nH]1)c(-c1cccnc1)nn2C. The van der Waals surface area contributed by atoms with Crippen LogP contribution in [-0.4, -0.2) is 31.8 Å². The fourth-order valence-electron chi connectivity index (χ4n) is 2.71. The molecular weight excluding hydrogens is 309 g/mol. The van der Waals surface area contributed by atoms with Crippen LogP contribution >= 0.6 is 0 Å². The van der Waals surface area contributed by atoms with E-state index in [1.165, 1.54) is 12.1 Å². The van der Waals surface area contributed by atoms with Crippen LogP contribution in [0.25, 0.3) is 33.8 Å². The van der Waals surface area contributed by atoms with Crippen LogP contribution in [0.4, 0.5) is 4.39 Å². The summed E-state index contributed by atoms with van der Waals surface area (Å²) in [6.07, 6.45) is 3.45. The number of pyridine rings is 1. The average Bonchev–Trinajstić information content (AvgIpc) is 3.16. The van der Waals surface area contributed by atoms with Gasteiger partial charge in [0.1, 0.15) is 28.6 Å². The molecule has 24 heavy (non-hydrogen) atoms. The Morgan fingerprint density at radius 2 is 2.12 bits per heavy atom. The van der Waals surface area contributed by atoms with E-state index < -0.39 is 0 Å². The normalized spacial score (nSPS) is 11.1. The highest BCUT2D eigenvalue weighted by molar-refractivity contribution is 5.90. The van der Waals surface area contributed by atoms with Crippen molar-refractivity contribution in [2.75, 3.05) is 7.11 Å². The molecule has 120 valence electrons. The standard InChI is InChI=1S/C17H14FN5O/c1-23-17-15(14(22-23)10-4-3-7-19-9-10)20-16(21-17)12-8-11(18)5-6-13(12)24-2/h3-9H,1-2H3,(H,20,21). The number of hydrogen-bond donors (Lipinski definition) is 1. The summed E-state index contributed by atoms with van der Waals surface area (Å²) < 4.78 is 20.6. The van der Waals surface area contributed by atoms with E-state index in [2.05, 4.69) is 20.1 Å². The first-order valence-corrected chi connectivity index (χ1v) is 7.34. The third kappa shape index (κ3) is 2.21. The van der Waals surface area contributed by atoms with Gasteiger partial charge in [-0.15, -0.1) is 0 Å². The van der Waals surface area contributed by atoms with Crippen LogP contribution in [0.15, 0.2) is 42.7 Å². The van der Waals surface area contributed by atoms with Crippen molar-refractivity contribution < 1.29 is 9.13 Å². The third-order valence-electron chi connectivity index (χ3n) is 3.83. The number of fused-ring (bicyclic) bond motifs is 1. The van der Waals surface area contributed by atoms with E-state index in [0.717, 1.165) is 16.8 Å². The van der Waals surface area contributed by atoms with Gasteiger partial charge in [-0.3, -0.25) is 4.98 Å². The maximum Gasteiger partial charge on any atom is 0.177 e. The quantitative estimate of drug-likeness (QED) is 0.629. The molecule has 0 aliphatic heterocycles. The number of halogens is 1. The summed E-state index contributed by atoms with van der Waals surface area (Å²) in [4.78, 5) is 11.9. The third-order valence-corrected chi connectivity index (χ3v) is 3.83. The van der Waals surface area contributed by atoms with Crippen LogP contribution in [0.1, 0.15) is 0 Å². The molecule has 3 heterocycles. The van der Waals surface area contributed by atoms with E-state index in [1.54, 1.807) is 30.3 Å². The molecule has 0 unspecified atom stereocenters. The summed E-state index contributed by atoms with van der Waals surface area (Å²) in [6.45, 7) is 0. The molecule has 0 fully saturated rings. The van der Waals surface area contributed by atoms with Gasteiger partial charge in [-0.05, 0) is 30.3 Å². The van der Waals surface area contributed by atoms with E-state index in [9.17, 15) is 4.39 Å². The monoisotopic (exact) mass is 323 g/mol. The van der Waals surface area contributed by atoms with Gasteiger partial charge in [0, 0.05) is 25.0 Å². The average molecular weight is 323 g/mol. The second-order valence-corrected chi connectivity index (χ2v) is 5.34. The first-order chi connectivity index (χ1) is 11.7. The zero-order valence-electron chi connectivity index (χ0n) is 13.1. The van der Waals surface area contributed by atoms with Crippen LogP contribution in [0.5, 0.6) is 5.75 Å². The van der Waals surface area contributed by atoms with Gasteiger partial charge in [0.15, 0.2) is 5.65 Å². The predicted octanol–water partition coefficient (Wildman–Crippen LogP) is 3.17. The fraction of sp³-hybridized carbons (Fsp3) is 0.118. The Morgan fingerprint density at radius 3 is 2.88 bits per heavy atom. The number of ether oxygens (including phenoxy) is 1. The Hall–Kier alpha value is -3.22. The molecule has 7 heteroatoms. The van der Waals surface area contributed by atoms with Gasteiger partial charge >= 0.3 is 0 Å². The Kier molecular flexibility index (Phi) is 3.26. The highest BCUT2D eigenvalue weighted by atomic mass is 19.1. The fourth-order valence-corrected chi connectivity index (χ4v) is 2.71. The van der Waals surface area contributed by atoms with Crippen LogP contribution in [-0.2, 0) is 7.05 Å². The molecule has 1 N–H and O–H groups in total. The van der Waals surface area contributed by atoms with Crippen molar-refractivity contribution in [3.63, 3.8) is 0 Å². The molecule has 3 aromatic heterocycles. The van der Waals surface area contributed by atoms with E-state index >= 15 is 0 Å². The Bertz CT molecular complexity index is 1020. The molecular formula is C17H14FN5O. The second-order valence-electron chi connectivity index (χ2n) is 5.34. The van der Waals surface area contributed by atoms with Gasteiger partial charge in [0.2, 0.25) is 0 Å². The summed E-state index contributed by atoms with van der Waals surface area (Å²) in [5.74, 6) is 0.725. The largest absolute Gasteiger partial charge is 0.496 e. The zero-order chi connectivity index (χ0) is 16.7. The summed E-state index contributed by atoms with van der Waals surface area (Å²) in [5.41, 5.74) is 3.63. The minimum atomic E-state index is -0.350.